The Hall–Kier alpha value is -2.16. The lowest BCUT2D eigenvalue weighted by Crippen LogP contribution is -2.30. The number of aromatic nitrogens is 3. The van der Waals surface area contributed by atoms with Gasteiger partial charge in [-0.25, -0.2) is 9.78 Å². The van der Waals surface area contributed by atoms with E-state index in [1.807, 2.05) is 0 Å². The minimum absolute atomic E-state index is 0.0611. The van der Waals surface area contributed by atoms with Crippen molar-refractivity contribution < 1.29 is 9.90 Å². The summed E-state index contributed by atoms with van der Waals surface area (Å²) < 4.78 is 0. The van der Waals surface area contributed by atoms with Crippen LogP contribution in [0.15, 0.2) is 0 Å². The van der Waals surface area contributed by atoms with E-state index in [0.29, 0.717) is 11.4 Å². The molecule has 0 aromatic carbocycles. The Balaban J connectivity index is 2.82. The van der Waals surface area contributed by atoms with Crippen LogP contribution in [0.4, 0.5) is 5.95 Å². The standard InChI is InChI=1S/C10H12N4O2/c1-4-5-8(9(15)16)12-10-11-6(2)7(3)13-14-10/h1,8H,5H2,2-3H3,(H,15,16)(H,11,12,14). The first-order valence-corrected chi connectivity index (χ1v) is 4.65. The maximum atomic E-state index is 10.8. The number of hydrogen-bond donors (Lipinski definition) is 2. The largest absolute Gasteiger partial charge is 0.480 e. The maximum absolute atomic E-state index is 10.8. The molecule has 84 valence electrons. The summed E-state index contributed by atoms with van der Waals surface area (Å²) in [4.78, 5) is 14.9. The Morgan fingerprint density at radius 1 is 1.50 bits per heavy atom. The molecule has 0 saturated heterocycles. The molecule has 0 spiro atoms. The molecule has 1 aromatic rings. The van der Waals surface area contributed by atoms with Crippen molar-refractivity contribution >= 4 is 11.9 Å². The maximum Gasteiger partial charge on any atom is 0.327 e. The van der Waals surface area contributed by atoms with Crippen LogP contribution >= 0.6 is 0 Å². The molecule has 6 heteroatoms. The molecule has 1 heterocycles. The Morgan fingerprint density at radius 2 is 2.19 bits per heavy atom. The predicted octanol–water partition coefficient (Wildman–Crippen LogP) is 0.377. The van der Waals surface area contributed by atoms with Gasteiger partial charge in [0.2, 0.25) is 5.95 Å². The number of aryl methyl sites for hydroxylation is 2. The van der Waals surface area contributed by atoms with E-state index in [1.165, 1.54) is 0 Å². The molecule has 0 aliphatic heterocycles. The fourth-order valence-electron chi connectivity index (χ4n) is 0.992. The zero-order chi connectivity index (χ0) is 12.1. The van der Waals surface area contributed by atoms with Crippen molar-refractivity contribution in [3.05, 3.63) is 11.4 Å². The lowest BCUT2D eigenvalue weighted by Gasteiger charge is -2.11. The van der Waals surface area contributed by atoms with E-state index < -0.39 is 12.0 Å². The van der Waals surface area contributed by atoms with Crippen LogP contribution in [0.3, 0.4) is 0 Å². The number of nitrogens with zero attached hydrogens (tertiary/aromatic N) is 3. The van der Waals surface area contributed by atoms with Gasteiger partial charge in [-0.1, -0.05) is 0 Å². The van der Waals surface area contributed by atoms with Crippen LogP contribution in [0.25, 0.3) is 0 Å². The van der Waals surface area contributed by atoms with Gasteiger partial charge in [0.1, 0.15) is 6.04 Å². The third-order valence-electron chi connectivity index (χ3n) is 2.02. The summed E-state index contributed by atoms with van der Waals surface area (Å²) in [6.07, 6.45) is 5.13. The minimum Gasteiger partial charge on any atom is -0.480 e. The van der Waals surface area contributed by atoms with Gasteiger partial charge in [0.15, 0.2) is 0 Å². The van der Waals surface area contributed by atoms with Gasteiger partial charge < -0.3 is 10.4 Å². The second-order valence-electron chi connectivity index (χ2n) is 3.25. The number of nitrogens with one attached hydrogen (secondary N) is 1. The number of carbonyl (C=O) groups is 1. The molecule has 2 N–H and O–H groups in total. The zero-order valence-corrected chi connectivity index (χ0v) is 9.06. The molecule has 0 saturated carbocycles. The molecular formula is C10H12N4O2. The highest BCUT2D eigenvalue weighted by Gasteiger charge is 2.17. The van der Waals surface area contributed by atoms with Gasteiger partial charge in [-0.05, 0) is 13.8 Å². The molecule has 1 unspecified atom stereocenters. The first kappa shape index (κ1) is 11.9. The first-order chi connectivity index (χ1) is 7.54. The summed E-state index contributed by atoms with van der Waals surface area (Å²) in [5, 5.41) is 19.0. The molecule has 6 nitrogen and oxygen atoms in total. The van der Waals surface area contributed by atoms with Crippen LogP contribution in [0, 0.1) is 26.2 Å². The van der Waals surface area contributed by atoms with Crippen LogP contribution in [-0.2, 0) is 4.79 Å². The van der Waals surface area contributed by atoms with Gasteiger partial charge in [-0.2, -0.15) is 5.10 Å². The summed E-state index contributed by atoms with van der Waals surface area (Å²) in [5.74, 6) is 1.41. The number of terminal acetylenes is 1. The van der Waals surface area contributed by atoms with Gasteiger partial charge in [-0.15, -0.1) is 17.4 Å². The third-order valence-corrected chi connectivity index (χ3v) is 2.02. The Kier molecular flexibility index (Phi) is 3.78. The lowest BCUT2D eigenvalue weighted by atomic mass is 10.2. The zero-order valence-electron chi connectivity index (χ0n) is 9.06. The topological polar surface area (TPSA) is 88.0 Å². The van der Waals surface area contributed by atoms with Crippen molar-refractivity contribution in [1.29, 1.82) is 0 Å². The Labute approximate surface area is 93.1 Å². The van der Waals surface area contributed by atoms with E-state index in [9.17, 15) is 4.79 Å². The molecular weight excluding hydrogens is 208 g/mol. The Morgan fingerprint density at radius 3 is 2.69 bits per heavy atom. The van der Waals surface area contributed by atoms with Gasteiger partial charge >= 0.3 is 5.97 Å². The fourth-order valence-corrected chi connectivity index (χ4v) is 0.992. The second kappa shape index (κ2) is 5.07. The SMILES string of the molecule is C#CCC(Nc1nnc(C)c(C)n1)C(=O)O. The molecule has 0 aliphatic rings. The van der Waals surface area contributed by atoms with E-state index in [1.54, 1.807) is 13.8 Å². The average molecular weight is 220 g/mol. The first-order valence-electron chi connectivity index (χ1n) is 4.65. The van der Waals surface area contributed by atoms with Crippen molar-refractivity contribution in [2.75, 3.05) is 5.32 Å². The molecule has 0 radical (unpaired) electrons. The van der Waals surface area contributed by atoms with Crippen molar-refractivity contribution in [3.8, 4) is 12.3 Å². The number of rotatable bonds is 4. The highest BCUT2D eigenvalue weighted by Crippen LogP contribution is 2.05. The van der Waals surface area contributed by atoms with Crippen molar-refractivity contribution in [3.63, 3.8) is 0 Å². The van der Waals surface area contributed by atoms with E-state index in [0.717, 1.165) is 0 Å². The molecule has 1 atom stereocenters. The quantitative estimate of drug-likeness (QED) is 0.713. The van der Waals surface area contributed by atoms with Gasteiger partial charge in [0.25, 0.3) is 0 Å². The van der Waals surface area contributed by atoms with Gasteiger partial charge in [0, 0.05) is 6.42 Å². The number of aliphatic carboxylic acids is 1. The molecule has 1 aromatic heterocycles. The van der Waals surface area contributed by atoms with E-state index in [4.69, 9.17) is 11.5 Å². The molecule has 0 aliphatic carbocycles. The second-order valence-corrected chi connectivity index (χ2v) is 3.25. The van der Waals surface area contributed by atoms with Crippen molar-refractivity contribution in [2.24, 2.45) is 0 Å². The van der Waals surface area contributed by atoms with E-state index >= 15 is 0 Å². The summed E-state index contributed by atoms with van der Waals surface area (Å²) >= 11 is 0. The van der Waals surface area contributed by atoms with Gasteiger partial charge in [-0.3, -0.25) is 0 Å². The minimum atomic E-state index is -1.04. The summed E-state index contributed by atoms with van der Waals surface area (Å²) in [7, 11) is 0. The van der Waals surface area contributed by atoms with Gasteiger partial charge in [0.05, 0.1) is 11.4 Å². The monoisotopic (exact) mass is 220 g/mol. The third kappa shape index (κ3) is 2.92. The lowest BCUT2D eigenvalue weighted by molar-refractivity contribution is -0.137. The summed E-state index contributed by atoms with van der Waals surface area (Å²) in [6.45, 7) is 3.54. The predicted molar refractivity (Wildman–Crippen MR) is 57.8 cm³/mol. The molecule has 16 heavy (non-hydrogen) atoms. The fraction of sp³-hybridized carbons (Fsp3) is 0.400. The smallest absolute Gasteiger partial charge is 0.327 e. The van der Waals surface area contributed by atoms with Crippen LogP contribution in [0.1, 0.15) is 17.8 Å². The van der Waals surface area contributed by atoms with Crippen LogP contribution < -0.4 is 5.32 Å². The normalized spacial score (nSPS) is 11.6. The molecule has 0 fully saturated rings. The van der Waals surface area contributed by atoms with Crippen LogP contribution in [0.5, 0.6) is 0 Å². The summed E-state index contributed by atoms with van der Waals surface area (Å²) in [5.41, 5.74) is 1.40. The van der Waals surface area contributed by atoms with E-state index in [2.05, 4.69) is 26.4 Å². The number of carboxylic acids is 1. The number of carboxylic acid groups (broad SMARTS) is 1. The van der Waals surface area contributed by atoms with Crippen molar-refractivity contribution in [2.45, 2.75) is 26.3 Å². The number of hydrogen-bond acceptors (Lipinski definition) is 5. The molecule has 0 bridgehead atoms. The Bertz CT molecular complexity index is 439. The van der Waals surface area contributed by atoms with Crippen LogP contribution in [0.2, 0.25) is 0 Å². The number of anilines is 1. The molecule has 1 rings (SSSR count). The molecule has 0 amide bonds. The highest BCUT2D eigenvalue weighted by atomic mass is 16.4. The van der Waals surface area contributed by atoms with E-state index in [-0.39, 0.29) is 12.4 Å². The van der Waals surface area contributed by atoms with Crippen LogP contribution in [-0.4, -0.2) is 32.3 Å². The average Bonchev–Trinajstić information content (AvgIpc) is 2.22. The summed E-state index contributed by atoms with van der Waals surface area (Å²) in [6, 6.07) is -0.895. The van der Waals surface area contributed by atoms with Crippen molar-refractivity contribution in [1.82, 2.24) is 15.2 Å². The highest BCUT2D eigenvalue weighted by molar-refractivity contribution is 5.76.